The van der Waals surface area contributed by atoms with Gasteiger partial charge in [-0.15, -0.1) is 0 Å². The predicted molar refractivity (Wildman–Crippen MR) is 94.2 cm³/mol. The third-order valence-corrected chi connectivity index (χ3v) is 5.16. The molecule has 0 amide bonds. The van der Waals surface area contributed by atoms with E-state index in [1.807, 2.05) is 0 Å². The molecule has 1 aliphatic rings. The van der Waals surface area contributed by atoms with Gasteiger partial charge in [0.25, 0.3) is 0 Å². The number of rotatable bonds is 9. The minimum atomic E-state index is 0.198. The molecule has 0 spiro atoms. The molecule has 22 heavy (non-hydrogen) atoms. The Hall–Kier alpha value is -0.830. The largest absolute Gasteiger partial charge is 0.323 e. The Morgan fingerprint density at radius 2 is 1.91 bits per heavy atom. The summed E-state index contributed by atoms with van der Waals surface area (Å²) in [6.45, 7) is 7.94. The zero-order chi connectivity index (χ0) is 15.9. The minimum Gasteiger partial charge on any atom is -0.323 e. The van der Waals surface area contributed by atoms with Crippen LogP contribution in [0.4, 0.5) is 0 Å². The number of hydrogen-bond donors (Lipinski definition) is 1. The Kier molecular flexibility index (Phi) is 6.94. The molecule has 3 nitrogen and oxygen atoms in total. The summed E-state index contributed by atoms with van der Waals surface area (Å²) in [4.78, 5) is 0. The summed E-state index contributed by atoms with van der Waals surface area (Å²) < 4.78 is 2.21. The fraction of sp³-hybridized carbons (Fsp3) is 0.842. The number of nitrogens with two attached hydrogens (primary N) is 1. The van der Waals surface area contributed by atoms with E-state index in [9.17, 15) is 0 Å². The van der Waals surface area contributed by atoms with E-state index in [0.717, 1.165) is 19.4 Å². The molecular formula is C19H35N3. The van der Waals surface area contributed by atoms with Gasteiger partial charge in [0.1, 0.15) is 0 Å². The number of nitrogens with zero attached hydrogens (tertiary/aromatic N) is 2. The van der Waals surface area contributed by atoms with Crippen molar-refractivity contribution in [3.63, 3.8) is 0 Å². The van der Waals surface area contributed by atoms with Gasteiger partial charge in [-0.1, -0.05) is 59.3 Å². The first-order valence-corrected chi connectivity index (χ1v) is 9.54. The Morgan fingerprint density at radius 3 is 2.64 bits per heavy atom. The van der Waals surface area contributed by atoms with Crippen molar-refractivity contribution in [1.82, 2.24) is 9.78 Å². The average Bonchev–Trinajstić information content (AvgIpc) is 2.90. The second-order valence-corrected chi connectivity index (χ2v) is 7.03. The zero-order valence-corrected chi connectivity index (χ0v) is 14.9. The first-order valence-electron chi connectivity index (χ1n) is 9.54. The first kappa shape index (κ1) is 17.5. The Bertz CT molecular complexity index is 450. The molecule has 0 bridgehead atoms. The lowest BCUT2D eigenvalue weighted by atomic mass is 9.88. The van der Waals surface area contributed by atoms with Crippen molar-refractivity contribution in [2.45, 2.75) is 103 Å². The van der Waals surface area contributed by atoms with Crippen LogP contribution in [0.25, 0.3) is 0 Å². The molecule has 1 aromatic heterocycles. The van der Waals surface area contributed by atoms with Crippen molar-refractivity contribution in [1.29, 1.82) is 0 Å². The van der Waals surface area contributed by atoms with E-state index >= 15 is 0 Å². The molecule has 2 unspecified atom stereocenters. The maximum atomic E-state index is 6.40. The first-order chi connectivity index (χ1) is 10.7. The van der Waals surface area contributed by atoms with Gasteiger partial charge in [-0.2, -0.15) is 5.10 Å². The zero-order valence-electron chi connectivity index (χ0n) is 14.9. The van der Waals surface area contributed by atoms with Gasteiger partial charge < -0.3 is 5.73 Å². The van der Waals surface area contributed by atoms with E-state index in [0.29, 0.717) is 5.92 Å². The van der Waals surface area contributed by atoms with Gasteiger partial charge in [-0.05, 0) is 31.6 Å². The molecule has 2 heterocycles. The smallest absolute Gasteiger partial charge is 0.0660 e. The van der Waals surface area contributed by atoms with Crippen molar-refractivity contribution in [2.75, 3.05) is 0 Å². The van der Waals surface area contributed by atoms with Crippen LogP contribution < -0.4 is 5.73 Å². The lowest BCUT2D eigenvalue weighted by molar-refractivity contribution is 0.424. The molecule has 0 fully saturated rings. The van der Waals surface area contributed by atoms with Crippen LogP contribution in [-0.2, 0) is 13.0 Å². The van der Waals surface area contributed by atoms with Crippen LogP contribution in [0.3, 0.4) is 0 Å². The SMILES string of the molecule is CCCCCCCCC(C)c1c(CC)nn2c1C(N)CCC2. The van der Waals surface area contributed by atoms with Gasteiger partial charge in [0.05, 0.1) is 11.4 Å². The molecule has 2 N–H and O–H groups in total. The molecule has 2 rings (SSSR count). The molecule has 1 aliphatic heterocycles. The third-order valence-electron chi connectivity index (χ3n) is 5.16. The summed E-state index contributed by atoms with van der Waals surface area (Å²) in [5.41, 5.74) is 10.5. The van der Waals surface area contributed by atoms with Gasteiger partial charge in [0.15, 0.2) is 0 Å². The van der Waals surface area contributed by atoms with Crippen LogP contribution in [-0.4, -0.2) is 9.78 Å². The second kappa shape index (κ2) is 8.71. The third kappa shape index (κ3) is 4.13. The summed E-state index contributed by atoms with van der Waals surface area (Å²) in [5.74, 6) is 0.606. The molecule has 0 saturated heterocycles. The fourth-order valence-corrected chi connectivity index (χ4v) is 3.87. The van der Waals surface area contributed by atoms with Crippen LogP contribution >= 0.6 is 0 Å². The van der Waals surface area contributed by atoms with Crippen LogP contribution in [0.15, 0.2) is 0 Å². The number of aromatic nitrogens is 2. The van der Waals surface area contributed by atoms with E-state index < -0.39 is 0 Å². The molecule has 3 heteroatoms. The standard InChI is InChI=1S/C19H35N3/c1-4-6-7-8-9-10-12-15(3)18-17(5-2)21-22-14-11-13-16(20)19(18)22/h15-16H,4-14,20H2,1-3H3. The Balaban J connectivity index is 1.96. The maximum absolute atomic E-state index is 6.40. The monoisotopic (exact) mass is 305 g/mol. The highest BCUT2D eigenvalue weighted by atomic mass is 15.3. The quantitative estimate of drug-likeness (QED) is 0.645. The second-order valence-electron chi connectivity index (χ2n) is 7.03. The van der Waals surface area contributed by atoms with E-state index in [1.165, 1.54) is 68.3 Å². The molecule has 1 aromatic rings. The van der Waals surface area contributed by atoms with Crippen LogP contribution in [0, 0.1) is 0 Å². The van der Waals surface area contributed by atoms with Gasteiger partial charge in [0, 0.05) is 18.2 Å². The van der Waals surface area contributed by atoms with E-state index in [1.54, 1.807) is 0 Å². The van der Waals surface area contributed by atoms with E-state index in [-0.39, 0.29) is 6.04 Å². The van der Waals surface area contributed by atoms with Gasteiger partial charge in [0.2, 0.25) is 0 Å². The highest BCUT2D eigenvalue weighted by molar-refractivity contribution is 5.33. The summed E-state index contributed by atoms with van der Waals surface area (Å²) in [7, 11) is 0. The van der Waals surface area contributed by atoms with Crippen molar-refractivity contribution >= 4 is 0 Å². The molecule has 2 atom stereocenters. The Labute approximate surface area is 136 Å². The summed E-state index contributed by atoms with van der Waals surface area (Å²) in [6.07, 6.45) is 12.8. The van der Waals surface area contributed by atoms with Crippen molar-refractivity contribution in [3.8, 4) is 0 Å². The fourth-order valence-electron chi connectivity index (χ4n) is 3.87. The lowest BCUT2D eigenvalue weighted by Crippen LogP contribution is -2.23. The molecular weight excluding hydrogens is 270 g/mol. The minimum absolute atomic E-state index is 0.198. The molecule has 0 aliphatic carbocycles. The highest BCUT2D eigenvalue weighted by Gasteiger charge is 2.27. The lowest BCUT2D eigenvalue weighted by Gasteiger charge is -2.23. The van der Waals surface area contributed by atoms with Crippen molar-refractivity contribution in [2.24, 2.45) is 5.73 Å². The number of unbranched alkanes of at least 4 members (excludes halogenated alkanes) is 5. The van der Waals surface area contributed by atoms with Crippen molar-refractivity contribution in [3.05, 3.63) is 17.0 Å². The topological polar surface area (TPSA) is 43.8 Å². The van der Waals surface area contributed by atoms with Gasteiger partial charge in [-0.3, -0.25) is 4.68 Å². The average molecular weight is 306 g/mol. The predicted octanol–water partition coefficient (Wildman–Crippen LogP) is 5.09. The number of aryl methyl sites for hydroxylation is 2. The van der Waals surface area contributed by atoms with Crippen LogP contribution in [0.5, 0.6) is 0 Å². The molecule has 126 valence electrons. The van der Waals surface area contributed by atoms with Gasteiger partial charge >= 0.3 is 0 Å². The van der Waals surface area contributed by atoms with E-state index in [4.69, 9.17) is 10.8 Å². The van der Waals surface area contributed by atoms with Crippen LogP contribution in [0.1, 0.15) is 107 Å². The molecule has 0 radical (unpaired) electrons. The molecule has 0 aromatic carbocycles. The Morgan fingerprint density at radius 1 is 1.18 bits per heavy atom. The van der Waals surface area contributed by atoms with Gasteiger partial charge in [-0.25, -0.2) is 0 Å². The highest BCUT2D eigenvalue weighted by Crippen LogP contribution is 2.35. The summed E-state index contributed by atoms with van der Waals surface area (Å²) in [5, 5.41) is 4.85. The normalized spacial score (nSPS) is 19.2. The number of fused-ring (bicyclic) bond motifs is 1. The van der Waals surface area contributed by atoms with Crippen molar-refractivity contribution < 1.29 is 0 Å². The van der Waals surface area contributed by atoms with E-state index in [2.05, 4.69) is 25.5 Å². The maximum Gasteiger partial charge on any atom is 0.0660 e. The summed E-state index contributed by atoms with van der Waals surface area (Å²) in [6, 6.07) is 0.198. The molecule has 0 saturated carbocycles. The number of hydrogen-bond acceptors (Lipinski definition) is 2. The van der Waals surface area contributed by atoms with Crippen LogP contribution in [0.2, 0.25) is 0 Å². The summed E-state index contributed by atoms with van der Waals surface area (Å²) >= 11 is 0.